The van der Waals surface area contributed by atoms with Gasteiger partial charge in [0.2, 0.25) is 11.8 Å². The zero-order valence-corrected chi connectivity index (χ0v) is 12.3. The van der Waals surface area contributed by atoms with Gasteiger partial charge in [0.05, 0.1) is 13.1 Å². The van der Waals surface area contributed by atoms with E-state index in [1.807, 2.05) is 18.7 Å². The van der Waals surface area contributed by atoms with Gasteiger partial charge in [-0.05, 0) is 20.9 Å². The van der Waals surface area contributed by atoms with Crippen LogP contribution in [0.1, 0.15) is 13.8 Å². The Bertz CT molecular complexity index is 297. The van der Waals surface area contributed by atoms with Gasteiger partial charge in [0, 0.05) is 39.3 Å². The molecule has 1 fully saturated rings. The summed E-state index contributed by atoms with van der Waals surface area (Å²) in [4.78, 5) is 29.5. The lowest BCUT2D eigenvalue weighted by atomic mass is 10.3. The smallest absolute Gasteiger partial charge is 0.236 e. The molecule has 1 heterocycles. The average molecular weight is 270 g/mol. The Balaban J connectivity index is 2.21. The van der Waals surface area contributed by atoms with E-state index in [1.165, 1.54) is 0 Å². The van der Waals surface area contributed by atoms with Gasteiger partial charge in [0.15, 0.2) is 0 Å². The lowest BCUT2D eigenvalue weighted by Gasteiger charge is -2.32. The van der Waals surface area contributed by atoms with Crippen LogP contribution in [0.3, 0.4) is 0 Å². The SMILES string of the molecule is CCN(CC)C(=O)CNCC(=O)N1CCN(C)CC1. The highest BCUT2D eigenvalue weighted by atomic mass is 16.2. The van der Waals surface area contributed by atoms with Crippen LogP contribution in [-0.2, 0) is 9.59 Å². The van der Waals surface area contributed by atoms with Crippen molar-refractivity contribution >= 4 is 11.8 Å². The fourth-order valence-electron chi connectivity index (χ4n) is 2.13. The maximum atomic E-state index is 11.9. The van der Waals surface area contributed by atoms with Gasteiger partial charge in [-0.1, -0.05) is 0 Å². The van der Waals surface area contributed by atoms with Crippen LogP contribution in [-0.4, -0.2) is 85.9 Å². The van der Waals surface area contributed by atoms with Crippen molar-refractivity contribution in [1.29, 1.82) is 0 Å². The van der Waals surface area contributed by atoms with Crippen LogP contribution in [0.25, 0.3) is 0 Å². The van der Waals surface area contributed by atoms with E-state index in [1.54, 1.807) is 4.90 Å². The predicted molar refractivity (Wildman–Crippen MR) is 74.9 cm³/mol. The van der Waals surface area contributed by atoms with Crippen LogP contribution in [0.5, 0.6) is 0 Å². The number of rotatable bonds is 6. The van der Waals surface area contributed by atoms with E-state index in [0.717, 1.165) is 26.2 Å². The van der Waals surface area contributed by atoms with E-state index in [-0.39, 0.29) is 24.9 Å². The van der Waals surface area contributed by atoms with Crippen LogP contribution in [0, 0.1) is 0 Å². The van der Waals surface area contributed by atoms with Crippen LogP contribution in [0.4, 0.5) is 0 Å². The molecule has 6 heteroatoms. The Morgan fingerprint density at radius 3 is 2.16 bits per heavy atom. The maximum Gasteiger partial charge on any atom is 0.236 e. The van der Waals surface area contributed by atoms with Crippen LogP contribution in [0.15, 0.2) is 0 Å². The molecule has 2 amide bonds. The molecule has 0 aromatic carbocycles. The summed E-state index contributed by atoms with van der Waals surface area (Å²) < 4.78 is 0. The molecule has 0 aromatic rings. The number of hydrogen-bond acceptors (Lipinski definition) is 4. The lowest BCUT2D eigenvalue weighted by molar-refractivity contribution is -0.132. The van der Waals surface area contributed by atoms with Crippen molar-refractivity contribution in [3.8, 4) is 0 Å². The molecule has 0 atom stereocenters. The minimum atomic E-state index is 0.0520. The molecule has 0 radical (unpaired) electrons. The van der Waals surface area contributed by atoms with Gasteiger partial charge in [-0.2, -0.15) is 0 Å². The number of amides is 2. The largest absolute Gasteiger partial charge is 0.342 e. The molecule has 0 spiro atoms. The van der Waals surface area contributed by atoms with Gasteiger partial charge in [-0.3, -0.25) is 14.9 Å². The predicted octanol–water partition coefficient (Wildman–Crippen LogP) is -0.782. The number of carbonyl (C=O) groups excluding carboxylic acids is 2. The van der Waals surface area contributed by atoms with Crippen molar-refractivity contribution in [3.05, 3.63) is 0 Å². The zero-order chi connectivity index (χ0) is 14.3. The number of piperazine rings is 1. The zero-order valence-electron chi connectivity index (χ0n) is 12.3. The first kappa shape index (κ1) is 15.9. The second kappa shape index (κ2) is 8.12. The molecule has 0 aromatic heterocycles. The number of hydrogen-bond donors (Lipinski definition) is 1. The van der Waals surface area contributed by atoms with E-state index in [2.05, 4.69) is 17.3 Å². The molecular formula is C13H26N4O2. The molecule has 1 saturated heterocycles. The normalized spacial score (nSPS) is 16.5. The summed E-state index contributed by atoms with van der Waals surface area (Å²) in [7, 11) is 2.06. The molecule has 1 aliphatic heterocycles. The van der Waals surface area contributed by atoms with Crippen molar-refractivity contribution in [2.75, 3.05) is 59.4 Å². The third kappa shape index (κ3) is 5.16. The summed E-state index contributed by atoms with van der Waals surface area (Å²) in [5.74, 6) is 0.136. The highest BCUT2D eigenvalue weighted by Crippen LogP contribution is 1.98. The van der Waals surface area contributed by atoms with Crippen LogP contribution < -0.4 is 5.32 Å². The van der Waals surface area contributed by atoms with Crippen LogP contribution in [0.2, 0.25) is 0 Å². The second-order valence-corrected chi connectivity index (χ2v) is 4.85. The molecule has 0 saturated carbocycles. The quantitative estimate of drug-likeness (QED) is 0.688. The summed E-state index contributed by atoms with van der Waals surface area (Å²) in [5.41, 5.74) is 0. The van der Waals surface area contributed by atoms with Gasteiger partial charge in [0.1, 0.15) is 0 Å². The Morgan fingerprint density at radius 1 is 1.05 bits per heavy atom. The van der Waals surface area contributed by atoms with E-state index in [0.29, 0.717) is 13.1 Å². The topological polar surface area (TPSA) is 55.9 Å². The number of nitrogens with zero attached hydrogens (tertiary/aromatic N) is 3. The van der Waals surface area contributed by atoms with Crippen molar-refractivity contribution in [2.45, 2.75) is 13.8 Å². The molecule has 6 nitrogen and oxygen atoms in total. The van der Waals surface area contributed by atoms with Crippen molar-refractivity contribution in [2.24, 2.45) is 0 Å². The summed E-state index contributed by atoms with van der Waals surface area (Å²) in [6.07, 6.45) is 0. The van der Waals surface area contributed by atoms with Crippen LogP contribution >= 0.6 is 0 Å². The number of likely N-dealkylation sites (N-methyl/N-ethyl adjacent to an activating group) is 2. The van der Waals surface area contributed by atoms with Gasteiger partial charge < -0.3 is 14.7 Å². The summed E-state index contributed by atoms with van der Waals surface area (Å²) >= 11 is 0. The monoisotopic (exact) mass is 270 g/mol. The molecule has 1 aliphatic rings. The Kier molecular flexibility index (Phi) is 6.80. The molecule has 110 valence electrons. The van der Waals surface area contributed by atoms with E-state index in [4.69, 9.17) is 0 Å². The molecular weight excluding hydrogens is 244 g/mol. The molecule has 19 heavy (non-hydrogen) atoms. The fourth-order valence-corrected chi connectivity index (χ4v) is 2.13. The molecule has 0 unspecified atom stereocenters. The summed E-state index contributed by atoms with van der Waals surface area (Å²) in [6, 6.07) is 0. The molecule has 1 N–H and O–H groups in total. The van der Waals surface area contributed by atoms with Gasteiger partial charge in [-0.25, -0.2) is 0 Å². The Hall–Kier alpha value is -1.14. The minimum absolute atomic E-state index is 0.0520. The maximum absolute atomic E-state index is 11.9. The van der Waals surface area contributed by atoms with Gasteiger partial charge in [0.25, 0.3) is 0 Å². The van der Waals surface area contributed by atoms with Gasteiger partial charge in [-0.15, -0.1) is 0 Å². The summed E-state index contributed by atoms with van der Waals surface area (Å²) in [6.45, 7) is 9.22. The highest BCUT2D eigenvalue weighted by Gasteiger charge is 2.18. The highest BCUT2D eigenvalue weighted by molar-refractivity contribution is 5.81. The number of nitrogens with one attached hydrogen (secondary N) is 1. The second-order valence-electron chi connectivity index (χ2n) is 4.85. The minimum Gasteiger partial charge on any atom is -0.342 e. The van der Waals surface area contributed by atoms with E-state index < -0.39 is 0 Å². The molecule has 1 rings (SSSR count). The Labute approximate surface area is 115 Å². The summed E-state index contributed by atoms with van der Waals surface area (Å²) in [5, 5.41) is 2.95. The fraction of sp³-hybridized carbons (Fsp3) is 0.846. The van der Waals surface area contributed by atoms with E-state index in [9.17, 15) is 9.59 Å². The third-order valence-electron chi connectivity index (χ3n) is 3.52. The van der Waals surface area contributed by atoms with Gasteiger partial charge >= 0.3 is 0 Å². The van der Waals surface area contributed by atoms with Crippen molar-refractivity contribution in [1.82, 2.24) is 20.0 Å². The standard InChI is InChI=1S/C13H26N4O2/c1-4-16(5-2)12(18)10-14-11-13(19)17-8-6-15(3)7-9-17/h14H,4-11H2,1-3H3. The van der Waals surface area contributed by atoms with Crippen molar-refractivity contribution in [3.63, 3.8) is 0 Å². The number of carbonyl (C=O) groups is 2. The Morgan fingerprint density at radius 2 is 1.63 bits per heavy atom. The third-order valence-corrected chi connectivity index (χ3v) is 3.52. The van der Waals surface area contributed by atoms with Crippen molar-refractivity contribution < 1.29 is 9.59 Å². The first-order valence-corrected chi connectivity index (χ1v) is 7.03. The molecule has 0 bridgehead atoms. The first-order valence-electron chi connectivity index (χ1n) is 7.03. The van der Waals surface area contributed by atoms with E-state index >= 15 is 0 Å². The first-order chi connectivity index (χ1) is 9.08. The molecule has 0 aliphatic carbocycles. The average Bonchev–Trinajstić information content (AvgIpc) is 2.40. The lowest BCUT2D eigenvalue weighted by Crippen LogP contribution is -2.50.